The number of nitrogens with one attached hydrogen (secondary N) is 2. The first kappa shape index (κ1) is 20.4. The van der Waals surface area contributed by atoms with Gasteiger partial charge in [0.25, 0.3) is 0 Å². The fourth-order valence-electron chi connectivity index (χ4n) is 1.12. The lowest BCUT2D eigenvalue weighted by atomic mass is 10.1. The fourth-order valence-corrected chi connectivity index (χ4v) is 1.12. The number of ketones is 1. The summed E-state index contributed by atoms with van der Waals surface area (Å²) in [5, 5.41) is 4.80. The summed E-state index contributed by atoms with van der Waals surface area (Å²) in [6.45, 7) is 4.57. The largest absolute Gasteiger partial charge is 0.359 e. The highest BCUT2D eigenvalue weighted by molar-refractivity contribution is 6.00. The smallest absolute Gasteiger partial charge is 0.234 e. The molecule has 0 rings (SSSR count). The Labute approximate surface area is 120 Å². The molecule has 0 fully saturated rings. The van der Waals surface area contributed by atoms with E-state index in [0.717, 1.165) is 0 Å². The van der Waals surface area contributed by atoms with Gasteiger partial charge >= 0.3 is 0 Å². The van der Waals surface area contributed by atoms with Crippen molar-refractivity contribution in [1.29, 1.82) is 0 Å². The van der Waals surface area contributed by atoms with Crippen LogP contribution in [0.3, 0.4) is 0 Å². The number of carbonyl (C=O) groups is 4. The van der Waals surface area contributed by atoms with Crippen LogP contribution in [0.15, 0.2) is 0 Å². The van der Waals surface area contributed by atoms with Gasteiger partial charge < -0.3 is 15.5 Å². The minimum Gasteiger partial charge on any atom is -0.359 e. The molecule has 3 amide bonds. The Kier molecular flexibility index (Phi) is 10.1. The molecule has 0 aliphatic rings. The molecule has 2 atom stereocenters. The Balaban J connectivity index is 0. The summed E-state index contributed by atoms with van der Waals surface area (Å²) in [4.78, 5) is 44.5. The molecule has 2 unspecified atom stereocenters. The molecule has 0 aliphatic carbocycles. The third-order valence-electron chi connectivity index (χ3n) is 2.70. The van der Waals surface area contributed by atoms with Gasteiger partial charge in [0.2, 0.25) is 17.7 Å². The highest BCUT2D eigenvalue weighted by Crippen LogP contribution is 1.98. The molecule has 20 heavy (non-hydrogen) atoms. The molecule has 0 radical (unpaired) electrons. The molecule has 0 saturated heterocycles. The van der Waals surface area contributed by atoms with E-state index >= 15 is 0 Å². The van der Waals surface area contributed by atoms with Gasteiger partial charge in [-0.1, -0.05) is 0 Å². The van der Waals surface area contributed by atoms with Gasteiger partial charge in [0.1, 0.15) is 11.7 Å². The van der Waals surface area contributed by atoms with Crippen LogP contribution in [0.25, 0.3) is 0 Å². The predicted molar refractivity (Wildman–Crippen MR) is 75.8 cm³/mol. The van der Waals surface area contributed by atoms with Crippen molar-refractivity contribution >= 4 is 23.5 Å². The third-order valence-corrected chi connectivity index (χ3v) is 2.70. The van der Waals surface area contributed by atoms with Crippen molar-refractivity contribution < 1.29 is 19.2 Å². The van der Waals surface area contributed by atoms with Crippen LogP contribution >= 0.6 is 0 Å². The summed E-state index contributed by atoms with van der Waals surface area (Å²) in [7, 11) is 6.28. The van der Waals surface area contributed by atoms with E-state index in [1.165, 1.54) is 25.9 Å². The number of nitrogens with zero attached hydrogens (tertiary/aromatic N) is 1. The molecule has 0 aromatic heterocycles. The summed E-state index contributed by atoms with van der Waals surface area (Å²) in [6.07, 6.45) is 0. The maximum Gasteiger partial charge on any atom is 0.234 e. The van der Waals surface area contributed by atoms with Gasteiger partial charge in [0.05, 0.1) is 5.92 Å². The zero-order chi connectivity index (χ0) is 16.5. The van der Waals surface area contributed by atoms with E-state index in [0.29, 0.717) is 0 Å². The molecule has 0 aromatic carbocycles. The first-order chi connectivity index (χ1) is 9.09. The first-order valence-corrected chi connectivity index (χ1v) is 6.24. The highest BCUT2D eigenvalue weighted by Gasteiger charge is 2.21. The maximum absolute atomic E-state index is 11.1. The van der Waals surface area contributed by atoms with Crippen molar-refractivity contribution in [2.45, 2.75) is 20.8 Å². The molecule has 0 saturated carbocycles. The number of Topliss-reactive ketones (excluding diaryl/α,β-unsaturated/α-hetero) is 1. The van der Waals surface area contributed by atoms with E-state index in [-0.39, 0.29) is 23.5 Å². The van der Waals surface area contributed by atoms with Crippen molar-refractivity contribution in [2.75, 3.05) is 28.2 Å². The van der Waals surface area contributed by atoms with Gasteiger partial charge in [0, 0.05) is 28.2 Å². The van der Waals surface area contributed by atoms with E-state index in [9.17, 15) is 19.2 Å². The molecular formula is C13H25N3O4. The lowest BCUT2D eigenvalue weighted by Gasteiger charge is -2.14. The van der Waals surface area contributed by atoms with E-state index in [1.807, 2.05) is 0 Å². The maximum atomic E-state index is 11.1. The standard InChI is InChI=1S/C7H14N2O2.C6H11NO2/c1-5(6(10)8-2)7(11)9(3)4;1-4(5(2)8)6(9)7-3/h5H,1-4H3,(H,8,10);4H,1-3H3,(H,7,9). The molecule has 0 aliphatic heterocycles. The van der Waals surface area contributed by atoms with Crippen LogP contribution in [0.4, 0.5) is 0 Å². The lowest BCUT2D eigenvalue weighted by Crippen LogP contribution is -2.37. The van der Waals surface area contributed by atoms with Gasteiger partial charge in [-0.25, -0.2) is 0 Å². The first-order valence-electron chi connectivity index (χ1n) is 6.24. The predicted octanol–water partition coefficient (Wildman–Crippen LogP) is -0.586. The Hall–Kier alpha value is -1.92. The van der Waals surface area contributed by atoms with Crippen molar-refractivity contribution in [3.8, 4) is 0 Å². The Morgan fingerprint density at radius 1 is 0.850 bits per heavy atom. The van der Waals surface area contributed by atoms with Crippen LogP contribution < -0.4 is 10.6 Å². The van der Waals surface area contributed by atoms with Crippen LogP contribution in [-0.2, 0) is 19.2 Å². The molecule has 0 aromatic rings. The van der Waals surface area contributed by atoms with Crippen LogP contribution in [0.5, 0.6) is 0 Å². The monoisotopic (exact) mass is 287 g/mol. The van der Waals surface area contributed by atoms with E-state index in [1.54, 1.807) is 27.9 Å². The van der Waals surface area contributed by atoms with Crippen molar-refractivity contribution in [3.63, 3.8) is 0 Å². The van der Waals surface area contributed by atoms with Crippen LogP contribution in [0.2, 0.25) is 0 Å². The molecule has 0 spiro atoms. The summed E-state index contributed by atoms with van der Waals surface area (Å²) in [5.41, 5.74) is 0. The summed E-state index contributed by atoms with van der Waals surface area (Å²) in [5.74, 6) is -1.84. The van der Waals surface area contributed by atoms with Crippen LogP contribution in [0, 0.1) is 11.8 Å². The van der Waals surface area contributed by atoms with Gasteiger partial charge in [-0.2, -0.15) is 0 Å². The van der Waals surface area contributed by atoms with E-state index < -0.39 is 11.8 Å². The third kappa shape index (κ3) is 7.50. The van der Waals surface area contributed by atoms with Gasteiger partial charge in [-0.15, -0.1) is 0 Å². The fraction of sp³-hybridized carbons (Fsp3) is 0.692. The van der Waals surface area contributed by atoms with Crippen molar-refractivity contribution in [2.24, 2.45) is 11.8 Å². The molecular weight excluding hydrogens is 262 g/mol. The molecule has 2 N–H and O–H groups in total. The van der Waals surface area contributed by atoms with E-state index in [2.05, 4.69) is 10.6 Å². The highest BCUT2D eigenvalue weighted by atomic mass is 16.2. The van der Waals surface area contributed by atoms with Crippen molar-refractivity contribution in [1.82, 2.24) is 15.5 Å². The van der Waals surface area contributed by atoms with Gasteiger partial charge in [-0.3, -0.25) is 19.2 Å². The zero-order valence-electron chi connectivity index (χ0n) is 13.2. The van der Waals surface area contributed by atoms with Gasteiger partial charge in [-0.05, 0) is 20.8 Å². The summed E-state index contributed by atoms with van der Waals surface area (Å²) >= 11 is 0. The molecule has 116 valence electrons. The summed E-state index contributed by atoms with van der Waals surface area (Å²) in [6, 6.07) is 0. The SMILES string of the molecule is CNC(=O)C(C)C(=O)N(C)C.CNC(=O)C(C)C(C)=O. The average molecular weight is 287 g/mol. The molecule has 7 nitrogen and oxygen atoms in total. The average Bonchev–Trinajstić information content (AvgIpc) is 2.43. The molecule has 0 bridgehead atoms. The normalized spacial score (nSPS) is 12.2. The second-order valence-corrected chi connectivity index (χ2v) is 4.52. The number of rotatable bonds is 4. The number of carbonyl (C=O) groups excluding carboxylic acids is 4. The zero-order valence-corrected chi connectivity index (χ0v) is 13.2. The van der Waals surface area contributed by atoms with Crippen LogP contribution in [-0.4, -0.2) is 56.6 Å². The minimum absolute atomic E-state index is 0.102. The Morgan fingerprint density at radius 2 is 1.20 bits per heavy atom. The quantitative estimate of drug-likeness (QED) is 0.676. The number of hydrogen-bond donors (Lipinski definition) is 2. The lowest BCUT2D eigenvalue weighted by molar-refractivity contribution is -0.139. The molecule has 0 heterocycles. The minimum atomic E-state index is -0.588. The molecule has 7 heteroatoms. The summed E-state index contributed by atoms with van der Waals surface area (Å²) < 4.78 is 0. The van der Waals surface area contributed by atoms with Crippen molar-refractivity contribution in [3.05, 3.63) is 0 Å². The second kappa shape index (κ2) is 9.94. The Bertz CT molecular complexity index is 367. The van der Waals surface area contributed by atoms with E-state index in [4.69, 9.17) is 0 Å². The van der Waals surface area contributed by atoms with Gasteiger partial charge in [0.15, 0.2) is 0 Å². The topological polar surface area (TPSA) is 95.6 Å². The Morgan fingerprint density at radius 3 is 1.40 bits per heavy atom. The van der Waals surface area contributed by atoms with Crippen LogP contribution in [0.1, 0.15) is 20.8 Å². The number of hydrogen-bond acceptors (Lipinski definition) is 4. The number of amides is 3. The second-order valence-electron chi connectivity index (χ2n) is 4.52.